The highest BCUT2D eigenvalue weighted by atomic mass is 16.5. The highest BCUT2D eigenvalue weighted by Crippen LogP contribution is 2.41. The van der Waals surface area contributed by atoms with Crippen LogP contribution in [-0.2, 0) is 0 Å². The molecule has 0 saturated heterocycles. The van der Waals surface area contributed by atoms with Gasteiger partial charge in [-0.3, -0.25) is 20.4 Å². The molecular formula is C25H31N3O7. The summed E-state index contributed by atoms with van der Waals surface area (Å²) in [6.45, 7) is 4.77. The maximum absolute atomic E-state index is 12.7. The van der Waals surface area contributed by atoms with Gasteiger partial charge < -0.3 is 28.7 Å². The van der Waals surface area contributed by atoms with Gasteiger partial charge in [0.15, 0.2) is 23.0 Å². The van der Waals surface area contributed by atoms with E-state index in [-0.39, 0.29) is 5.69 Å². The smallest absolute Gasteiger partial charge is 0.286 e. The Bertz CT molecular complexity index is 1200. The summed E-state index contributed by atoms with van der Waals surface area (Å²) in [7, 11) is 6.03. The molecule has 0 radical (unpaired) electrons. The van der Waals surface area contributed by atoms with Gasteiger partial charge in [0.2, 0.25) is 0 Å². The zero-order valence-electron chi connectivity index (χ0n) is 20.7. The number of benzene rings is 2. The molecule has 0 bridgehead atoms. The van der Waals surface area contributed by atoms with Crippen LogP contribution in [0.5, 0.6) is 28.7 Å². The number of amides is 2. The molecule has 0 atom stereocenters. The number of carbonyl (C=O) groups excluding carboxylic acids is 2. The highest BCUT2D eigenvalue weighted by molar-refractivity contribution is 6.03. The molecule has 3 aromatic rings. The number of fused-ring (bicyclic) bond motifs is 1. The van der Waals surface area contributed by atoms with Crippen LogP contribution in [0.3, 0.4) is 0 Å². The number of hydrogen-bond acceptors (Lipinski definition) is 7. The van der Waals surface area contributed by atoms with Crippen LogP contribution in [0.2, 0.25) is 0 Å². The van der Waals surface area contributed by atoms with E-state index in [1.165, 1.54) is 28.4 Å². The number of carbonyl (C=O) groups is 2. The number of methoxy groups -OCH3 is 4. The summed E-state index contributed by atoms with van der Waals surface area (Å²) in [5.74, 6) is 1.79. The lowest BCUT2D eigenvalue weighted by Crippen LogP contribution is -2.41. The van der Waals surface area contributed by atoms with Crippen LogP contribution in [0.4, 0.5) is 0 Å². The minimum absolute atomic E-state index is 0.191. The topological polar surface area (TPSA) is 120 Å². The van der Waals surface area contributed by atoms with E-state index >= 15 is 0 Å². The van der Waals surface area contributed by atoms with Crippen molar-refractivity contribution in [2.45, 2.75) is 20.3 Å². The number of nitrogens with one attached hydrogen (secondary N) is 3. The molecule has 0 aliphatic heterocycles. The van der Waals surface area contributed by atoms with Crippen molar-refractivity contribution in [3.8, 4) is 28.7 Å². The van der Waals surface area contributed by atoms with Crippen LogP contribution in [0, 0.1) is 5.92 Å². The third-order valence-corrected chi connectivity index (χ3v) is 5.35. The van der Waals surface area contributed by atoms with Gasteiger partial charge in [-0.2, -0.15) is 0 Å². The van der Waals surface area contributed by atoms with Crippen molar-refractivity contribution in [1.29, 1.82) is 0 Å². The minimum atomic E-state index is -0.557. The average Bonchev–Trinajstić information content (AvgIpc) is 3.31. The maximum atomic E-state index is 12.7. The lowest BCUT2D eigenvalue weighted by atomic mass is 10.1. The van der Waals surface area contributed by atoms with Crippen molar-refractivity contribution in [3.63, 3.8) is 0 Å². The third kappa shape index (κ3) is 5.71. The molecule has 3 N–H and O–H groups in total. The number of aromatic nitrogens is 1. The van der Waals surface area contributed by atoms with E-state index in [1.807, 2.05) is 0 Å². The summed E-state index contributed by atoms with van der Waals surface area (Å²) in [6, 6.07) is 8.09. The van der Waals surface area contributed by atoms with Crippen molar-refractivity contribution < 1.29 is 33.3 Å². The van der Waals surface area contributed by atoms with Gasteiger partial charge in [-0.05, 0) is 36.6 Å². The molecule has 2 aromatic carbocycles. The van der Waals surface area contributed by atoms with Gasteiger partial charge in [0.05, 0.1) is 40.6 Å². The zero-order chi connectivity index (χ0) is 25.5. The number of H-pyrrole nitrogens is 1. The monoisotopic (exact) mass is 485 g/mol. The predicted octanol–water partition coefficient (Wildman–Crippen LogP) is 3.70. The molecule has 0 saturated carbocycles. The van der Waals surface area contributed by atoms with E-state index in [9.17, 15) is 9.59 Å². The molecule has 0 fully saturated rings. The molecular weight excluding hydrogens is 454 g/mol. The lowest BCUT2D eigenvalue weighted by molar-refractivity contribution is 0.0844. The second kappa shape index (κ2) is 11.4. The fourth-order valence-electron chi connectivity index (χ4n) is 3.44. The first-order chi connectivity index (χ1) is 16.8. The minimum Gasteiger partial charge on any atom is -0.496 e. The number of ether oxygens (including phenoxy) is 5. The van der Waals surface area contributed by atoms with Crippen molar-refractivity contribution >= 4 is 22.7 Å². The Morgan fingerprint density at radius 1 is 0.829 bits per heavy atom. The number of hydrazine groups is 1. The van der Waals surface area contributed by atoms with Gasteiger partial charge in [0, 0.05) is 17.0 Å². The van der Waals surface area contributed by atoms with Crippen molar-refractivity contribution in [2.75, 3.05) is 35.0 Å². The molecule has 1 heterocycles. The van der Waals surface area contributed by atoms with Gasteiger partial charge in [0.1, 0.15) is 11.4 Å². The van der Waals surface area contributed by atoms with E-state index in [0.717, 1.165) is 6.42 Å². The molecule has 0 aliphatic carbocycles. The molecule has 35 heavy (non-hydrogen) atoms. The Labute approximate surface area is 203 Å². The third-order valence-electron chi connectivity index (χ3n) is 5.35. The first-order valence-electron chi connectivity index (χ1n) is 11.1. The quantitative estimate of drug-likeness (QED) is 0.375. The standard InChI is InChI=1S/C25H31N3O7/c1-14(2)9-10-35-18-8-7-15(11-20(18)32-4)24(29)27-28-25(30)17-12-16-19(31-3)13-21(33-5)23(34-6)22(16)26-17/h7-8,11-14,26H,9-10H2,1-6H3,(H,27,29)(H,28,30). The van der Waals surface area contributed by atoms with Gasteiger partial charge in [0.25, 0.3) is 11.8 Å². The van der Waals surface area contributed by atoms with Crippen LogP contribution < -0.4 is 34.5 Å². The van der Waals surface area contributed by atoms with Gasteiger partial charge >= 0.3 is 0 Å². The van der Waals surface area contributed by atoms with E-state index in [4.69, 9.17) is 23.7 Å². The molecule has 10 heteroatoms. The molecule has 0 aliphatic rings. The molecule has 188 valence electrons. The normalized spacial score (nSPS) is 10.7. The van der Waals surface area contributed by atoms with E-state index in [1.54, 1.807) is 30.3 Å². The Kier molecular flexibility index (Phi) is 8.30. The average molecular weight is 486 g/mol. The van der Waals surface area contributed by atoms with Crippen molar-refractivity contribution in [1.82, 2.24) is 15.8 Å². The van der Waals surface area contributed by atoms with Gasteiger partial charge in [-0.1, -0.05) is 13.8 Å². The number of hydrogen-bond donors (Lipinski definition) is 3. The Morgan fingerprint density at radius 2 is 1.51 bits per heavy atom. The number of aromatic amines is 1. The van der Waals surface area contributed by atoms with Gasteiger partial charge in [-0.25, -0.2) is 0 Å². The molecule has 10 nitrogen and oxygen atoms in total. The van der Waals surface area contributed by atoms with Crippen molar-refractivity contribution in [2.24, 2.45) is 5.92 Å². The van der Waals surface area contributed by atoms with Crippen LogP contribution in [0.15, 0.2) is 30.3 Å². The second-order valence-corrected chi connectivity index (χ2v) is 8.09. The van der Waals surface area contributed by atoms with Crippen LogP contribution >= 0.6 is 0 Å². The molecule has 3 rings (SSSR count). The molecule has 0 spiro atoms. The number of rotatable bonds is 10. The van der Waals surface area contributed by atoms with Crippen molar-refractivity contribution in [3.05, 3.63) is 41.6 Å². The highest BCUT2D eigenvalue weighted by Gasteiger charge is 2.20. The molecule has 0 unspecified atom stereocenters. The zero-order valence-corrected chi connectivity index (χ0v) is 20.7. The molecule has 2 amide bonds. The Hall–Kier alpha value is -4.08. The second-order valence-electron chi connectivity index (χ2n) is 8.09. The SMILES string of the molecule is COc1cc(C(=O)NNC(=O)c2cc3c(OC)cc(OC)c(OC)c3[nH]2)ccc1OCCC(C)C. The first-order valence-corrected chi connectivity index (χ1v) is 11.1. The Morgan fingerprint density at radius 3 is 2.14 bits per heavy atom. The summed E-state index contributed by atoms with van der Waals surface area (Å²) >= 11 is 0. The lowest BCUT2D eigenvalue weighted by Gasteiger charge is -2.13. The Balaban J connectivity index is 1.73. The summed E-state index contributed by atoms with van der Waals surface area (Å²) in [5, 5.41) is 0.624. The summed E-state index contributed by atoms with van der Waals surface area (Å²) in [6.07, 6.45) is 0.899. The first kappa shape index (κ1) is 25.5. The summed E-state index contributed by atoms with van der Waals surface area (Å²) in [5.41, 5.74) is 5.83. The fraction of sp³-hybridized carbons (Fsp3) is 0.360. The van der Waals surface area contributed by atoms with Crippen LogP contribution in [0.25, 0.3) is 10.9 Å². The van der Waals surface area contributed by atoms with E-state index < -0.39 is 11.8 Å². The maximum Gasteiger partial charge on any atom is 0.286 e. The van der Waals surface area contributed by atoms with E-state index in [2.05, 4.69) is 29.7 Å². The van der Waals surface area contributed by atoms with Crippen LogP contribution in [0.1, 0.15) is 41.1 Å². The van der Waals surface area contributed by atoms with E-state index in [0.29, 0.717) is 57.7 Å². The predicted molar refractivity (Wildman–Crippen MR) is 131 cm³/mol. The fourth-order valence-corrected chi connectivity index (χ4v) is 3.44. The summed E-state index contributed by atoms with van der Waals surface area (Å²) in [4.78, 5) is 28.4. The van der Waals surface area contributed by atoms with Crippen LogP contribution in [-0.4, -0.2) is 51.8 Å². The largest absolute Gasteiger partial charge is 0.496 e. The molecule has 1 aromatic heterocycles. The van der Waals surface area contributed by atoms with Gasteiger partial charge in [-0.15, -0.1) is 0 Å². The summed E-state index contributed by atoms with van der Waals surface area (Å²) < 4.78 is 27.3.